The number of amides is 1. The van der Waals surface area contributed by atoms with E-state index >= 15 is 0 Å². The number of allylic oxidation sites excluding steroid dienone is 4. The van der Waals surface area contributed by atoms with E-state index in [4.69, 9.17) is 9.84 Å². The number of rotatable bonds is 16. The number of carboxylic acid groups (broad SMARTS) is 1. The topological polar surface area (TPSA) is 133 Å². The first-order valence-electron chi connectivity index (χ1n) is 12.6. The first kappa shape index (κ1) is 31.5. The molecule has 1 rings (SSSR count). The Hall–Kier alpha value is -2.55. The van der Waals surface area contributed by atoms with E-state index in [1.54, 1.807) is 39.0 Å². The molecule has 1 amide bonds. The van der Waals surface area contributed by atoms with Crippen molar-refractivity contribution in [1.29, 1.82) is 0 Å². The van der Waals surface area contributed by atoms with Gasteiger partial charge in [-0.15, -0.1) is 0 Å². The van der Waals surface area contributed by atoms with E-state index in [-0.39, 0.29) is 23.5 Å². The molecule has 1 aliphatic heterocycles. The van der Waals surface area contributed by atoms with Crippen LogP contribution in [0.15, 0.2) is 48.2 Å². The molecule has 4 N–H and O–H groups in total. The third-order valence-electron chi connectivity index (χ3n) is 6.58. The van der Waals surface area contributed by atoms with Crippen LogP contribution < -0.4 is 5.32 Å². The lowest BCUT2D eigenvalue weighted by molar-refractivity contribution is -0.131. The van der Waals surface area contributed by atoms with Crippen molar-refractivity contribution >= 4 is 17.7 Å². The van der Waals surface area contributed by atoms with Gasteiger partial charge in [-0.25, -0.2) is 4.79 Å². The van der Waals surface area contributed by atoms with Gasteiger partial charge in [0.15, 0.2) is 0 Å². The number of carbonyl (C=O) groups excluding carboxylic acids is 2. The molecular formula is C28H43NO7. The van der Waals surface area contributed by atoms with Gasteiger partial charge < -0.3 is 25.4 Å². The van der Waals surface area contributed by atoms with Crippen molar-refractivity contribution in [2.75, 3.05) is 7.11 Å². The van der Waals surface area contributed by atoms with Gasteiger partial charge in [0.1, 0.15) is 11.9 Å². The molecule has 36 heavy (non-hydrogen) atoms. The summed E-state index contributed by atoms with van der Waals surface area (Å²) in [4.78, 5) is 34.7. The van der Waals surface area contributed by atoms with Crippen LogP contribution in [0.3, 0.4) is 0 Å². The predicted octanol–water partition coefficient (Wildman–Crippen LogP) is 3.70. The standard InChI is InChI=1S/C28H43NO7/c1-18(23(30)12-10-11-22-16-20(3)29-25(31)17-22)15-19(2)27(34)21(4)28(35)24(36-5)13-8-6-7-9-14-26(32)33/h8-9,13-15,18,21-22,24,27-28,34-35H,3,6-7,10-12,16-17H2,1-2,4-5H3,(H,29,31)(H,32,33)/b13-8+,14-9+,19-15+/t18-,21+,22?,24-,27-,28-/m0/s1. The number of piperidine rings is 1. The second kappa shape index (κ2) is 16.2. The van der Waals surface area contributed by atoms with Crippen LogP contribution >= 0.6 is 0 Å². The number of hydrogen-bond acceptors (Lipinski definition) is 6. The van der Waals surface area contributed by atoms with Crippen LogP contribution in [-0.4, -0.2) is 58.4 Å². The maximum atomic E-state index is 12.6. The van der Waals surface area contributed by atoms with Gasteiger partial charge in [0.2, 0.25) is 5.91 Å². The summed E-state index contributed by atoms with van der Waals surface area (Å²) in [6.07, 6.45) is 9.59. The number of methoxy groups -OCH3 is 1. The maximum absolute atomic E-state index is 12.6. The Morgan fingerprint density at radius 2 is 1.86 bits per heavy atom. The number of carboxylic acids is 1. The van der Waals surface area contributed by atoms with E-state index in [9.17, 15) is 24.6 Å². The van der Waals surface area contributed by atoms with Crippen LogP contribution in [0, 0.1) is 17.8 Å². The van der Waals surface area contributed by atoms with Gasteiger partial charge in [-0.05, 0) is 50.5 Å². The highest BCUT2D eigenvalue weighted by molar-refractivity contribution is 5.82. The minimum Gasteiger partial charge on any atom is -0.478 e. The van der Waals surface area contributed by atoms with Crippen LogP contribution in [0.25, 0.3) is 0 Å². The van der Waals surface area contributed by atoms with Gasteiger partial charge in [-0.2, -0.15) is 0 Å². The van der Waals surface area contributed by atoms with E-state index in [2.05, 4.69) is 11.9 Å². The molecule has 1 saturated heterocycles. The van der Waals surface area contributed by atoms with Crippen molar-refractivity contribution < 1.29 is 34.4 Å². The summed E-state index contributed by atoms with van der Waals surface area (Å²) in [6, 6.07) is 0. The Labute approximate surface area is 214 Å². The summed E-state index contributed by atoms with van der Waals surface area (Å²) in [5.74, 6) is -1.63. The number of hydrogen-bond donors (Lipinski definition) is 4. The molecule has 0 saturated carbocycles. The predicted molar refractivity (Wildman–Crippen MR) is 139 cm³/mol. The quantitative estimate of drug-likeness (QED) is 0.143. The monoisotopic (exact) mass is 505 g/mol. The van der Waals surface area contributed by atoms with Gasteiger partial charge in [0.05, 0.1) is 12.2 Å². The van der Waals surface area contributed by atoms with E-state index in [1.807, 2.05) is 6.08 Å². The Morgan fingerprint density at radius 1 is 1.19 bits per heavy atom. The highest BCUT2D eigenvalue weighted by Crippen LogP contribution is 2.25. The van der Waals surface area contributed by atoms with Gasteiger partial charge in [-0.3, -0.25) is 9.59 Å². The molecule has 0 bridgehead atoms. The average Bonchev–Trinajstić information content (AvgIpc) is 2.81. The van der Waals surface area contributed by atoms with E-state index < -0.39 is 30.2 Å². The zero-order valence-corrected chi connectivity index (χ0v) is 22.0. The Kier molecular flexibility index (Phi) is 14.2. The molecule has 0 aromatic rings. The number of unbranched alkanes of at least 4 members (excludes halogenated alkanes) is 1. The number of ketones is 1. The molecule has 1 fully saturated rings. The second-order valence-electron chi connectivity index (χ2n) is 9.72. The first-order valence-corrected chi connectivity index (χ1v) is 12.6. The number of aliphatic hydroxyl groups is 2. The van der Waals surface area contributed by atoms with Crippen molar-refractivity contribution in [2.24, 2.45) is 17.8 Å². The Morgan fingerprint density at radius 3 is 2.47 bits per heavy atom. The first-order chi connectivity index (χ1) is 17.0. The van der Waals surface area contributed by atoms with E-state index in [0.29, 0.717) is 37.7 Å². The number of nitrogens with one attached hydrogen (secondary N) is 1. The van der Waals surface area contributed by atoms with Crippen LogP contribution in [-0.2, 0) is 19.1 Å². The molecule has 0 aromatic heterocycles. The van der Waals surface area contributed by atoms with Gasteiger partial charge in [-0.1, -0.05) is 44.7 Å². The van der Waals surface area contributed by atoms with Crippen LogP contribution in [0.4, 0.5) is 0 Å². The second-order valence-corrected chi connectivity index (χ2v) is 9.72. The highest BCUT2D eigenvalue weighted by Gasteiger charge is 2.29. The van der Waals surface area contributed by atoms with Crippen molar-refractivity contribution in [3.8, 4) is 0 Å². The minimum absolute atomic E-state index is 0.0149. The molecule has 0 radical (unpaired) electrons. The zero-order valence-electron chi connectivity index (χ0n) is 22.0. The maximum Gasteiger partial charge on any atom is 0.327 e. The minimum atomic E-state index is -0.993. The summed E-state index contributed by atoms with van der Waals surface area (Å²) in [7, 11) is 1.47. The fourth-order valence-electron chi connectivity index (χ4n) is 4.40. The number of carbonyl (C=O) groups is 3. The lowest BCUT2D eigenvalue weighted by Crippen LogP contribution is -2.39. The number of Topliss-reactive ketones (excluding diaryl/α,β-unsaturated/α-hetero) is 1. The van der Waals surface area contributed by atoms with Crippen LogP contribution in [0.2, 0.25) is 0 Å². The van der Waals surface area contributed by atoms with Gasteiger partial charge in [0, 0.05) is 43.6 Å². The van der Waals surface area contributed by atoms with Crippen molar-refractivity contribution in [1.82, 2.24) is 5.32 Å². The lowest BCUT2D eigenvalue weighted by Gasteiger charge is -2.29. The SMILES string of the molecule is C=C1CC(CCCC(=O)[C@@H](C)/C=C(\C)[C@H](O)[C@@H](C)[C@H](O)[C@H](/C=C/CC/C=C/C(=O)O)OC)CC(=O)N1. The van der Waals surface area contributed by atoms with Gasteiger partial charge in [0.25, 0.3) is 0 Å². The largest absolute Gasteiger partial charge is 0.478 e. The van der Waals surface area contributed by atoms with Crippen LogP contribution in [0.5, 0.6) is 0 Å². The molecule has 1 unspecified atom stereocenters. The molecule has 8 nitrogen and oxygen atoms in total. The van der Waals surface area contributed by atoms with Crippen molar-refractivity contribution in [3.05, 3.63) is 48.2 Å². The summed E-state index contributed by atoms with van der Waals surface area (Å²) < 4.78 is 5.37. The fraction of sp³-hybridized carbons (Fsp3) is 0.607. The third kappa shape index (κ3) is 11.5. The molecule has 1 heterocycles. The summed E-state index contributed by atoms with van der Waals surface area (Å²) in [5.41, 5.74) is 1.35. The summed E-state index contributed by atoms with van der Waals surface area (Å²) in [5, 5.41) is 32.8. The number of aliphatic hydroxyl groups excluding tert-OH is 2. The molecule has 6 atom stereocenters. The normalized spacial score (nSPS) is 21.3. The fourth-order valence-corrected chi connectivity index (χ4v) is 4.40. The Bertz CT molecular complexity index is 829. The van der Waals surface area contributed by atoms with Crippen molar-refractivity contribution in [3.63, 3.8) is 0 Å². The molecule has 0 aliphatic carbocycles. The molecule has 8 heteroatoms. The molecule has 1 aliphatic rings. The smallest absolute Gasteiger partial charge is 0.327 e. The third-order valence-corrected chi connectivity index (χ3v) is 6.58. The zero-order chi connectivity index (χ0) is 27.3. The van der Waals surface area contributed by atoms with Gasteiger partial charge >= 0.3 is 5.97 Å². The molecule has 202 valence electrons. The Balaban J connectivity index is 2.57. The summed E-state index contributed by atoms with van der Waals surface area (Å²) >= 11 is 0. The van der Waals surface area contributed by atoms with E-state index in [1.165, 1.54) is 7.11 Å². The van der Waals surface area contributed by atoms with E-state index in [0.717, 1.165) is 24.6 Å². The number of ether oxygens (including phenoxy) is 1. The van der Waals surface area contributed by atoms with Crippen molar-refractivity contribution in [2.45, 2.75) is 84.0 Å². The average molecular weight is 506 g/mol. The molecule has 0 spiro atoms. The highest BCUT2D eigenvalue weighted by atomic mass is 16.5. The molecule has 0 aromatic carbocycles. The summed E-state index contributed by atoms with van der Waals surface area (Å²) in [6.45, 7) is 9.10. The lowest BCUT2D eigenvalue weighted by atomic mass is 9.87. The molecular weight excluding hydrogens is 462 g/mol. The number of aliphatic carboxylic acids is 1. The van der Waals surface area contributed by atoms with Crippen LogP contribution in [0.1, 0.15) is 65.7 Å².